The third-order valence-corrected chi connectivity index (χ3v) is 2.99. The Balaban J connectivity index is 2.01. The number of hydrogen-bond acceptors (Lipinski definition) is 2. The zero-order valence-corrected chi connectivity index (χ0v) is 12.0. The number of carbonyl (C=O) groups is 1. The molecule has 0 aromatic heterocycles. The molecule has 0 radical (unpaired) electrons. The lowest BCUT2D eigenvalue weighted by atomic mass is 10.1. The van der Waals surface area contributed by atoms with Crippen LogP contribution in [0.2, 0.25) is 5.02 Å². The van der Waals surface area contributed by atoms with Crippen LogP contribution in [0.15, 0.2) is 53.6 Å². The van der Waals surface area contributed by atoms with Gasteiger partial charge >= 0.3 is 6.03 Å². The molecule has 2 amide bonds. The number of nitrogens with zero attached hydrogens (tertiary/aromatic N) is 1. The average molecular weight is 306 g/mol. The molecule has 2 aromatic carbocycles. The summed E-state index contributed by atoms with van der Waals surface area (Å²) in [7, 11) is 0. The average Bonchev–Trinajstić information content (AvgIpc) is 2.46. The molecule has 0 bridgehead atoms. The first-order chi connectivity index (χ1) is 10.1. The Labute approximate surface area is 126 Å². The highest BCUT2D eigenvalue weighted by Crippen LogP contribution is 2.17. The molecule has 0 heterocycles. The Morgan fingerprint density at radius 3 is 2.57 bits per heavy atom. The Bertz CT molecular complexity index is 674. The molecule has 2 aromatic rings. The molecule has 6 heteroatoms. The fourth-order valence-corrected chi connectivity index (χ4v) is 1.96. The molecule has 2 N–H and O–H groups in total. The largest absolute Gasteiger partial charge is 0.339 e. The monoisotopic (exact) mass is 305 g/mol. The Morgan fingerprint density at radius 2 is 1.90 bits per heavy atom. The van der Waals surface area contributed by atoms with Crippen molar-refractivity contribution in [1.29, 1.82) is 0 Å². The van der Waals surface area contributed by atoms with Crippen molar-refractivity contribution in [3.05, 3.63) is 64.9 Å². The van der Waals surface area contributed by atoms with E-state index >= 15 is 0 Å². The number of para-hydroxylation sites is 1. The number of carbonyl (C=O) groups excluding carboxylic acids is 1. The van der Waals surface area contributed by atoms with Crippen molar-refractivity contribution in [1.82, 2.24) is 5.43 Å². The molecule has 4 nitrogen and oxygen atoms in total. The molecule has 0 atom stereocenters. The van der Waals surface area contributed by atoms with Crippen LogP contribution in [0, 0.1) is 5.82 Å². The number of hydrogen-bond donors (Lipinski definition) is 2. The summed E-state index contributed by atoms with van der Waals surface area (Å²) in [5.41, 5.74) is 4.04. The maximum atomic E-state index is 13.0. The normalized spacial score (nSPS) is 11.1. The summed E-state index contributed by atoms with van der Waals surface area (Å²) in [5.74, 6) is -0.425. The van der Waals surface area contributed by atoms with Gasteiger partial charge in [0.25, 0.3) is 0 Å². The van der Waals surface area contributed by atoms with E-state index in [1.165, 1.54) is 18.2 Å². The van der Waals surface area contributed by atoms with Crippen LogP contribution in [-0.4, -0.2) is 11.7 Å². The molecule has 0 spiro atoms. The lowest BCUT2D eigenvalue weighted by Gasteiger charge is -2.06. The number of urea groups is 1. The van der Waals surface area contributed by atoms with Gasteiger partial charge in [-0.05, 0) is 37.3 Å². The molecule has 0 unspecified atom stereocenters. The molecular weight excluding hydrogens is 293 g/mol. The van der Waals surface area contributed by atoms with Gasteiger partial charge in [0.1, 0.15) is 5.82 Å². The fraction of sp³-hybridized carbons (Fsp3) is 0.0667. The van der Waals surface area contributed by atoms with Gasteiger partial charge in [-0.3, -0.25) is 0 Å². The van der Waals surface area contributed by atoms with Crippen LogP contribution in [0.4, 0.5) is 14.9 Å². The summed E-state index contributed by atoms with van der Waals surface area (Å²) < 4.78 is 13.0. The molecule has 2 rings (SSSR count). The van der Waals surface area contributed by atoms with Crippen molar-refractivity contribution in [3.8, 4) is 0 Å². The van der Waals surface area contributed by atoms with Crippen LogP contribution in [0.5, 0.6) is 0 Å². The van der Waals surface area contributed by atoms with E-state index in [-0.39, 0.29) is 5.02 Å². The van der Waals surface area contributed by atoms with E-state index in [2.05, 4.69) is 15.8 Å². The Morgan fingerprint density at radius 1 is 1.19 bits per heavy atom. The number of anilines is 1. The first-order valence-electron chi connectivity index (χ1n) is 6.18. The van der Waals surface area contributed by atoms with Crippen LogP contribution < -0.4 is 10.7 Å². The lowest BCUT2D eigenvalue weighted by molar-refractivity contribution is 0.252. The van der Waals surface area contributed by atoms with E-state index < -0.39 is 11.8 Å². The van der Waals surface area contributed by atoms with Gasteiger partial charge in [-0.15, -0.1) is 0 Å². The summed E-state index contributed by atoms with van der Waals surface area (Å²) >= 11 is 5.92. The highest BCUT2D eigenvalue weighted by atomic mass is 35.5. The predicted molar refractivity (Wildman–Crippen MR) is 82.2 cm³/mol. The van der Waals surface area contributed by atoms with Gasteiger partial charge in [0.15, 0.2) is 0 Å². The SMILES string of the molecule is C/C(=N/NC(=O)Nc1ccccc1)c1ccc(F)cc1Cl. The van der Waals surface area contributed by atoms with Crippen LogP contribution in [0.3, 0.4) is 0 Å². The summed E-state index contributed by atoms with van der Waals surface area (Å²) in [6.07, 6.45) is 0. The van der Waals surface area contributed by atoms with Gasteiger partial charge in [-0.1, -0.05) is 29.8 Å². The molecule has 0 aliphatic heterocycles. The second kappa shape index (κ2) is 6.85. The topological polar surface area (TPSA) is 53.5 Å². The van der Waals surface area contributed by atoms with Crippen molar-refractivity contribution >= 4 is 29.0 Å². The van der Waals surface area contributed by atoms with Crippen molar-refractivity contribution < 1.29 is 9.18 Å². The minimum atomic E-state index is -0.473. The fourth-order valence-electron chi connectivity index (χ4n) is 1.66. The zero-order valence-electron chi connectivity index (χ0n) is 11.2. The van der Waals surface area contributed by atoms with E-state index in [0.717, 1.165) is 0 Å². The molecule has 108 valence electrons. The van der Waals surface area contributed by atoms with Gasteiger partial charge in [-0.2, -0.15) is 5.10 Å². The molecular formula is C15H13ClFN3O. The van der Waals surface area contributed by atoms with E-state index in [9.17, 15) is 9.18 Å². The summed E-state index contributed by atoms with van der Waals surface area (Å²) in [6.45, 7) is 1.67. The Kier molecular flexibility index (Phi) is 4.90. The quantitative estimate of drug-likeness (QED) is 0.653. The second-order valence-corrected chi connectivity index (χ2v) is 4.66. The summed E-state index contributed by atoms with van der Waals surface area (Å²) in [4.78, 5) is 11.7. The molecule has 0 saturated heterocycles. The zero-order chi connectivity index (χ0) is 15.2. The Hall–Kier alpha value is -2.40. The van der Waals surface area contributed by atoms with Crippen molar-refractivity contribution in [2.75, 3.05) is 5.32 Å². The van der Waals surface area contributed by atoms with E-state index in [1.807, 2.05) is 18.2 Å². The van der Waals surface area contributed by atoms with Crippen LogP contribution in [-0.2, 0) is 0 Å². The third kappa shape index (κ3) is 4.29. The number of hydrazone groups is 1. The number of halogens is 2. The van der Waals surface area contributed by atoms with E-state index in [0.29, 0.717) is 17.0 Å². The highest BCUT2D eigenvalue weighted by molar-refractivity contribution is 6.34. The minimum Gasteiger partial charge on any atom is -0.307 e. The summed E-state index contributed by atoms with van der Waals surface area (Å²) in [6, 6.07) is 12.5. The van der Waals surface area contributed by atoms with Crippen molar-refractivity contribution in [3.63, 3.8) is 0 Å². The predicted octanol–water partition coefficient (Wildman–Crippen LogP) is 4.02. The standard InChI is InChI=1S/C15H13ClFN3O/c1-10(13-8-7-11(17)9-14(13)16)19-20-15(21)18-12-5-3-2-4-6-12/h2-9H,1H3,(H2,18,20,21)/b19-10-. The van der Waals surface area contributed by atoms with Gasteiger partial charge in [-0.25, -0.2) is 14.6 Å². The number of rotatable bonds is 3. The smallest absolute Gasteiger partial charge is 0.307 e. The highest BCUT2D eigenvalue weighted by Gasteiger charge is 2.06. The summed E-state index contributed by atoms with van der Waals surface area (Å²) in [5, 5.41) is 6.79. The number of benzene rings is 2. The molecule has 0 aliphatic rings. The minimum absolute atomic E-state index is 0.238. The van der Waals surface area contributed by atoms with E-state index in [4.69, 9.17) is 11.6 Å². The number of amides is 2. The number of nitrogens with one attached hydrogen (secondary N) is 2. The van der Waals surface area contributed by atoms with Crippen LogP contribution >= 0.6 is 11.6 Å². The van der Waals surface area contributed by atoms with Crippen molar-refractivity contribution in [2.45, 2.75) is 6.92 Å². The molecule has 21 heavy (non-hydrogen) atoms. The first kappa shape index (κ1) is 15.0. The second-order valence-electron chi connectivity index (χ2n) is 4.25. The van der Waals surface area contributed by atoms with Gasteiger partial charge in [0, 0.05) is 11.3 Å². The van der Waals surface area contributed by atoms with Gasteiger partial charge in [0.05, 0.1) is 10.7 Å². The van der Waals surface area contributed by atoms with Crippen molar-refractivity contribution in [2.24, 2.45) is 5.10 Å². The van der Waals surface area contributed by atoms with Crippen LogP contribution in [0.25, 0.3) is 0 Å². The van der Waals surface area contributed by atoms with Gasteiger partial charge in [0.2, 0.25) is 0 Å². The lowest BCUT2D eigenvalue weighted by Crippen LogP contribution is -2.25. The maximum Gasteiger partial charge on any atom is 0.339 e. The van der Waals surface area contributed by atoms with Crippen LogP contribution in [0.1, 0.15) is 12.5 Å². The van der Waals surface area contributed by atoms with E-state index in [1.54, 1.807) is 19.1 Å². The maximum absolute atomic E-state index is 13.0. The van der Waals surface area contributed by atoms with Gasteiger partial charge < -0.3 is 5.32 Å². The third-order valence-electron chi connectivity index (χ3n) is 2.68. The molecule has 0 fully saturated rings. The molecule has 0 saturated carbocycles. The molecule has 0 aliphatic carbocycles. The first-order valence-corrected chi connectivity index (χ1v) is 6.56.